The van der Waals surface area contributed by atoms with Gasteiger partial charge in [-0.25, -0.2) is 13.1 Å². The van der Waals surface area contributed by atoms with Crippen LogP contribution in [0.4, 0.5) is 0 Å². The van der Waals surface area contributed by atoms with E-state index in [0.29, 0.717) is 23.7 Å². The fourth-order valence-electron chi connectivity index (χ4n) is 2.71. The molecule has 2 aromatic rings. The molecule has 0 bridgehead atoms. The van der Waals surface area contributed by atoms with Gasteiger partial charge in [-0.2, -0.15) is 0 Å². The van der Waals surface area contributed by atoms with Crippen molar-refractivity contribution >= 4 is 10.0 Å². The highest BCUT2D eigenvalue weighted by Gasteiger charge is 2.20. The second kappa shape index (κ2) is 9.10. The summed E-state index contributed by atoms with van der Waals surface area (Å²) in [6, 6.07) is 10.8. The Morgan fingerprint density at radius 3 is 2.11 bits per heavy atom. The first kappa shape index (κ1) is 21.1. The zero-order chi connectivity index (χ0) is 20.0. The van der Waals surface area contributed by atoms with Gasteiger partial charge in [0, 0.05) is 6.54 Å². The van der Waals surface area contributed by atoms with E-state index < -0.39 is 10.0 Å². The Morgan fingerprint density at radius 1 is 0.889 bits per heavy atom. The number of hydrogen-bond acceptors (Lipinski definition) is 5. The summed E-state index contributed by atoms with van der Waals surface area (Å²) >= 11 is 0. The maximum absolute atomic E-state index is 12.8. The molecule has 1 N–H and O–H groups in total. The second-order valence-corrected chi connectivity index (χ2v) is 8.14. The molecular formula is C20H27NO5S. The van der Waals surface area contributed by atoms with Gasteiger partial charge in [0.25, 0.3) is 0 Å². The topological polar surface area (TPSA) is 73.9 Å². The van der Waals surface area contributed by atoms with Crippen LogP contribution in [0.5, 0.6) is 17.2 Å². The molecule has 0 aliphatic rings. The van der Waals surface area contributed by atoms with Crippen LogP contribution in [-0.4, -0.2) is 36.3 Å². The molecule has 0 radical (unpaired) electrons. The third kappa shape index (κ3) is 5.14. The largest absolute Gasteiger partial charge is 0.495 e. The van der Waals surface area contributed by atoms with E-state index in [9.17, 15) is 8.42 Å². The standard InChI is InChI=1S/C20H27NO5S/c1-14(2)16-7-9-18(25-4)20(13-16)27(22,23)21-11-10-15-6-8-17(24-3)19(12-15)26-5/h6-9,12-14,21H,10-11H2,1-5H3. The van der Waals surface area contributed by atoms with Crippen LogP contribution in [0, 0.1) is 0 Å². The van der Waals surface area contributed by atoms with Crippen LogP contribution in [0.25, 0.3) is 0 Å². The first-order valence-corrected chi connectivity index (χ1v) is 10.2. The molecule has 0 saturated heterocycles. The van der Waals surface area contributed by atoms with Gasteiger partial charge in [0.15, 0.2) is 11.5 Å². The molecule has 2 rings (SSSR count). The minimum Gasteiger partial charge on any atom is -0.495 e. The summed E-state index contributed by atoms with van der Waals surface area (Å²) in [5, 5.41) is 0. The molecule has 0 unspecified atom stereocenters. The minimum absolute atomic E-state index is 0.156. The molecule has 2 aromatic carbocycles. The lowest BCUT2D eigenvalue weighted by molar-refractivity contribution is 0.354. The molecule has 0 aromatic heterocycles. The van der Waals surface area contributed by atoms with Crippen molar-refractivity contribution in [2.45, 2.75) is 31.1 Å². The first-order chi connectivity index (χ1) is 12.8. The summed E-state index contributed by atoms with van der Waals surface area (Å²) in [5.41, 5.74) is 1.88. The van der Waals surface area contributed by atoms with Crippen molar-refractivity contribution in [2.24, 2.45) is 0 Å². The van der Waals surface area contributed by atoms with E-state index in [4.69, 9.17) is 14.2 Å². The van der Waals surface area contributed by atoms with E-state index in [0.717, 1.165) is 11.1 Å². The fourth-order valence-corrected chi connectivity index (χ4v) is 3.94. The molecule has 0 atom stereocenters. The van der Waals surface area contributed by atoms with Crippen molar-refractivity contribution in [3.05, 3.63) is 47.5 Å². The normalized spacial score (nSPS) is 11.5. The van der Waals surface area contributed by atoms with Crippen LogP contribution in [0.2, 0.25) is 0 Å². The van der Waals surface area contributed by atoms with Gasteiger partial charge in [-0.15, -0.1) is 0 Å². The number of methoxy groups -OCH3 is 3. The van der Waals surface area contributed by atoms with Crippen LogP contribution in [0.1, 0.15) is 30.9 Å². The molecule has 148 valence electrons. The molecule has 7 heteroatoms. The number of ether oxygens (including phenoxy) is 3. The average Bonchev–Trinajstić information content (AvgIpc) is 2.67. The van der Waals surface area contributed by atoms with Gasteiger partial charge in [0.05, 0.1) is 21.3 Å². The summed E-state index contributed by atoms with van der Waals surface area (Å²) in [7, 11) is 0.918. The van der Waals surface area contributed by atoms with Crippen molar-refractivity contribution in [1.82, 2.24) is 4.72 Å². The molecule has 0 spiro atoms. The second-order valence-electron chi connectivity index (χ2n) is 6.40. The van der Waals surface area contributed by atoms with Gasteiger partial charge < -0.3 is 14.2 Å². The highest BCUT2D eigenvalue weighted by atomic mass is 32.2. The van der Waals surface area contributed by atoms with E-state index >= 15 is 0 Å². The number of hydrogen-bond donors (Lipinski definition) is 1. The SMILES string of the molecule is COc1ccc(CCNS(=O)(=O)c2cc(C(C)C)ccc2OC)cc1OC. The lowest BCUT2D eigenvalue weighted by atomic mass is 10.0. The summed E-state index contributed by atoms with van der Waals surface area (Å²) in [5.74, 6) is 1.80. The Balaban J connectivity index is 2.14. The highest BCUT2D eigenvalue weighted by Crippen LogP contribution is 2.29. The molecule has 6 nitrogen and oxygen atoms in total. The van der Waals surface area contributed by atoms with Crippen LogP contribution in [0.3, 0.4) is 0 Å². The number of rotatable bonds is 9. The van der Waals surface area contributed by atoms with Gasteiger partial charge in [-0.3, -0.25) is 0 Å². The minimum atomic E-state index is -3.69. The van der Waals surface area contributed by atoms with E-state index in [1.54, 1.807) is 32.4 Å². The summed E-state index contributed by atoms with van der Waals surface area (Å²) in [6.07, 6.45) is 0.520. The molecule has 0 heterocycles. The maximum Gasteiger partial charge on any atom is 0.244 e. The van der Waals surface area contributed by atoms with E-state index in [1.165, 1.54) is 7.11 Å². The predicted octanol–water partition coefficient (Wildman–Crippen LogP) is 3.36. The Hall–Kier alpha value is -2.25. The number of nitrogens with one attached hydrogen (secondary N) is 1. The monoisotopic (exact) mass is 393 g/mol. The smallest absolute Gasteiger partial charge is 0.244 e. The molecule has 0 amide bonds. The molecule has 0 fully saturated rings. The lowest BCUT2D eigenvalue weighted by Crippen LogP contribution is -2.26. The van der Waals surface area contributed by atoms with Gasteiger partial charge >= 0.3 is 0 Å². The summed E-state index contributed by atoms with van der Waals surface area (Å²) in [6.45, 7) is 4.29. The van der Waals surface area contributed by atoms with Gasteiger partial charge in [0.2, 0.25) is 10.0 Å². The zero-order valence-corrected chi connectivity index (χ0v) is 17.2. The van der Waals surface area contributed by atoms with Gasteiger partial charge in [0.1, 0.15) is 10.6 Å². The summed E-state index contributed by atoms with van der Waals surface area (Å²) in [4.78, 5) is 0.156. The maximum atomic E-state index is 12.8. The first-order valence-electron chi connectivity index (χ1n) is 8.71. The molecule has 0 aliphatic carbocycles. The van der Waals surface area contributed by atoms with Crippen LogP contribution in [-0.2, 0) is 16.4 Å². The van der Waals surface area contributed by atoms with Gasteiger partial charge in [-0.1, -0.05) is 26.0 Å². The zero-order valence-electron chi connectivity index (χ0n) is 16.4. The average molecular weight is 394 g/mol. The van der Waals surface area contributed by atoms with Crippen molar-refractivity contribution < 1.29 is 22.6 Å². The lowest BCUT2D eigenvalue weighted by Gasteiger charge is -2.14. The molecule has 0 aliphatic heterocycles. The third-order valence-electron chi connectivity index (χ3n) is 4.30. The third-order valence-corrected chi connectivity index (χ3v) is 5.78. The van der Waals surface area contributed by atoms with Crippen molar-refractivity contribution in [2.75, 3.05) is 27.9 Å². The van der Waals surface area contributed by atoms with Crippen molar-refractivity contribution in [3.8, 4) is 17.2 Å². The fraction of sp³-hybridized carbons (Fsp3) is 0.400. The molecule has 0 saturated carbocycles. The molecule has 27 heavy (non-hydrogen) atoms. The quantitative estimate of drug-likeness (QED) is 0.707. The van der Waals surface area contributed by atoms with Gasteiger partial charge in [-0.05, 0) is 47.7 Å². The Morgan fingerprint density at radius 2 is 1.52 bits per heavy atom. The Bertz CT molecular complexity index is 878. The van der Waals surface area contributed by atoms with Crippen LogP contribution in [0.15, 0.2) is 41.3 Å². The van der Waals surface area contributed by atoms with Crippen molar-refractivity contribution in [3.63, 3.8) is 0 Å². The Kier molecular flexibility index (Phi) is 7.10. The van der Waals surface area contributed by atoms with Crippen molar-refractivity contribution in [1.29, 1.82) is 0 Å². The molecular weight excluding hydrogens is 366 g/mol. The van der Waals surface area contributed by atoms with E-state index in [-0.39, 0.29) is 17.4 Å². The van der Waals surface area contributed by atoms with E-state index in [2.05, 4.69) is 4.72 Å². The number of benzene rings is 2. The van der Waals surface area contributed by atoms with E-state index in [1.807, 2.05) is 32.0 Å². The highest BCUT2D eigenvalue weighted by molar-refractivity contribution is 7.89. The Labute approximate surface area is 161 Å². The predicted molar refractivity (Wildman–Crippen MR) is 106 cm³/mol. The number of sulfonamides is 1. The summed E-state index contributed by atoms with van der Waals surface area (Å²) < 4.78 is 43.9. The van der Waals surface area contributed by atoms with Crippen LogP contribution >= 0.6 is 0 Å². The van der Waals surface area contributed by atoms with Crippen LogP contribution < -0.4 is 18.9 Å².